The zero-order chi connectivity index (χ0) is 14.3. The summed E-state index contributed by atoms with van der Waals surface area (Å²) in [5, 5.41) is 11.6. The molecule has 6 nitrogen and oxygen atoms in total. The van der Waals surface area contributed by atoms with Gasteiger partial charge in [0.15, 0.2) is 5.84 Å². The molecular formula is C13H20N4O2. The fraction of sp³-hybridized carbons (Fsp3) is 0.462. The molecule has 1 atom stereocenters. The molecule has 1 amide bonds. The predicted octanol–water partition coefficient (Wildman–Crippen LogP) is 0.855. The van der Waals surface area contributed by atoms with E-state index in [0.29, 0.717) is 19.4 Å². The van der Waals surface area contributed by atoms with Gasteiger partial charge in [-0.05, 0) is 18.6 Å². The number of nitrogens with two attached hydrogens (primary N) is 1. The summed E-state index contributed by atoms with van der Waals surface area (Å²) in [6.45, 7) is 2.37. The van der Waals surface area contributed by atoms with Gasteiger partial charge >= 0.3 is 0 Å². The molecule has 1 aromatic heterocycles. The van der Waals surface area contributed by atoms with Gasteiger partial charge in [0.05, 0.1) is 5.92 Å². The van der Waals surface area contributed by atoms with Crippen molar-refractivity contribution in [3.63, 3.8) is 0 Å². The fourth-order valence-corrected chi connectivity index (χ4v) is 1.78. The Labute approximate surface area is 112 Å². The maximum Gasteiger partial charge on any atom is 0.233 e. The van der Waals surface area contributed by atoms with E-state index in [0.717, 1.165) is 5.69 Å². The van der Waals surface area contributed by atoms with E-state index in [2.05, 4.69) is 10.1 Å². The smallest absolute Gasteiger partial charge is 0.233 e. The number of amidine groups is 1. The second-order valence-corrected chi connectivity index (χ2v) is 4.32. The summed E-state index contributed by atoms with van der Waals surface area (Å²) in [6, 6.07) is 5.68. The van der Waals surface area contributed by atoms with Crippen LogP contribution in [0.15, 0.2) is 29.6 Å². The van der Waals surface area contributed by atoms with Crippen LogP contribution in [0.2, 0.25) is 0 Å². The van der Waals surface area contributed by atoms with Gasteiger partial charge in [0, 0.05) is 31.9 Å². The number of oxime groups is 1. The summed E-state index contributed by atoms with van der Waals surface area (Å²) in [6.07, 6.45) is 2.90. The van der Waals surface area contributed by atoms with Crippen molar-refractivity contribution in [1.29, 1.82) is 0 Å². The molecule has 6 heteroatoms. The molecule has 1 unspecified atom stereocenters. The Hall–Kier alpha value is -2.11. The molecule has 0 saturated heterocycles. The number of pyridine rings is 1. The molecule has 0 aliphatic carbocycles. The van der Waals surface area contributed by atoms with Crippen LogP contribution in [0.4, 0.5) is 0 Å². The van der Waals surface area contributed by atoms with Gasteiger partial charge in [0.1, 0.15) is 0 Å². The van der Waals surface area contributed by atoms with Gasteiger partial charge in [-0.2, -0.15) is 0 Å². The first kappa shape index (κ1) is 14.9. The van der Waals surface area contributed by atoms with Gasteiger partial charge in [-0.1, -0.05) is 18.1 Å². The van der Waals surface area contributed by atoms with Crippen LogP contribution < -0.4 is 5.73 Å². The minimum Gasteiger partial charge on any atom is -0.409 e. The van der Waals surface area contributed by atoms with E-state index in [4.69, 9.17) is 10.9 Å². The van der Waals surface area contributed by atoms with Crippen LogP contribution >= 0.6 is 0 Å². The van der Waals surface area contributed by atoms with Gasteiger partial charge in [-0.15, -0.1) is 0 Å². The molecule has 0 aliphatic heterocycles. The van der Waals surface area contributed by atoms with Gasteiger partial charge in [-0.25, -0.2) is 0 Å². The molecular weight excluding hydrogens is 244 g/mol. The van der Waals surface area contributed by atoms with Crippen LogP contribution in [0.25, 0.3) is 0 Å². The Morgan fingerprint density at radius 1 is 1.58 bits per heavy atom. The average molecular weight is 264 g/mol. The summed E-state index contributed by atoms with van der Waals surface area (Å²) >= 11 is 0. The van der Waals surface area contributed by atoms with Crippen LogP contribution in [0.1, 0.15) is 19.0 Å². The van der Waals surface area contributed by atoms with Crippen molar-refractivity contribution in [2.24, 2.45) is 16.8 Å². The highest BCUT2D eigenvalue weighted by Crippen LogP contribution is 2.08. The largest absolute Gasteiger partial charge is 0.409 e. The SMILES string of the molecule is CCC(C(=O)N(C)CCc1ccccn1)C(N)=NO. The van der Waals surface area contributed by atoms with Crippen LogP contribution in [0.3, 0.4) is 0 Å². The zero-order valence-corrected chi connectivity index (χ0v) is 11.3. The Morgan fingerprint density at radius 3 is 2.84 bits per heavy atom. The van der Waals surface area contributed by atoms with Gasteiger partial charge in [0.2, 0.25) is 5.91 Å². The fourth-order valence-electron chi connectivity index (χ4n) is 1.78. The van der Waals surface area contributed by atoms with Crippen LogP contribution in [-0.2, 0) is 11.2 Å². The molecule has 0 spiro atoms. The van der Waals surface area contributed by atoms with Crippen molar-refractivity contribution in [2.75, 3.05) is 13.6 Å². The first-order chi connectivity index (χ1) is 9.10. The van der Waals surface area contributed by atoms with Crippen LogP contribution in [0.5, 0.6) is 0 Å². The Balaban J connectivity index is 2.57. The number of amides is 1. The number of likely N-dealkylation sites (N-methyl/N-ethyl adjacent to an activating group) is 1. The average Bonchev–Trinajstić information content (AvgIpc) is 2.46. The van der Waals surface area contributed by atoms with E-state index in [1.807, 2.05) is 25.1 Å². The Kier molecular flexibility index (Phi) is 5.78. The number of nitrogens with zero attached hydrogens (tertiary/aromatic N) is 3. The number of carbonyl (C=O) groups excluding carboxylic acids is 1. The third-order valence-electron chi connectivity index (χ3n) is 2.98. The second-order valence-electron chi connectivity index (χ2n) is 4.32. The summed E-state index contributed by atoms with van der Waals surface area (Å²) in [5.41, 5.74) is 6.44. The molecule has 1 rings (SSSR count). The number of carbonyl (C=O) groups is 1. The molecule has 0 saturated carbocycles. The summed E-state index contributed by atoms with van der Waals surface area (Å²) in [5.74, 6) is -0.760. The standard InChI is InChI=1S/C13H20N4O2/c1-3-11(12(14)16-19)13(18)17(2)9-7-10-6-4-5-8-15-10/h4-6,8,11,19H,3,7,9H2,1-2H3,(H2,14,16). The lowest BCUT2D eigenvalue weighted by atomic mass is 10.0. The predicted molar refractivity (Wildman–Crippen MR) is 72.8 cm³/mol. The molecule has 0 aliphatic rings. The second kappa shape index (κ2) is 7.35. The third kappa shape index (κ3) is 4.24. The minimum atomic E-state index is -0.571. The molecule has 104 valence electrons. The van der Waals surface area contributed by atoms with Crippen molar-refractivity contribution < 1.29 is 10.0 Å². The number of rotatable bonds is 6. The van der Waals surface area contributed by atoms with Crippen LogP contribution in [0, 0.1) is 5.92 Å². The monoisotopic (exact) mass is 264 g/mol. The maximum atomic E-state index is 12.1. The highest BCUT2D eigenvalue weighted by Gasteiger charge is 2.24. The lowest BCUT2D eigenvalue weighted by Crippen LogP contribution is -2.40. The first-order valence-corrected chi connectivity index (χ1v) is 6.22. The van der Waals surface area contributed by atoms with Gasteiger partial charge in [0.25, 0.3) is 0 Å². The van der Waals surface area contributed by atoms with Crippen LogP contribution in [-0.4, -0.2) is 40.4 Å². The van der Waals surface area contributed by atoms with E-state index in [1.165, 1.54) is 0 Å². The summed E-state index contributed by atoms with van der Waals surface area (Å²) < 4.78 is 0. The van der Waals surface area contributed by atoms with Gasteiger partial charge in [-0.3, -0.25) is 9.78 Å². The maximum absolute atomic E-state index is 12.1. The molecule has 0 fully saturated rings. The normalized spacial score (nSPS) is 13.1. The quantitative estimate of drug-likeness (QED) is 0.345. The summed E-state index contributed by atoms with van der Waals surface area (Å²) in [4.78, 5) is 17.9. The lowest BCUT2D eigenvalue weighted by molar-refractivity contribution is -0.132. The van der Waals surface area contributed by atoms with Crippen molar-refractivity contribution >= 4 is 11.7 Å². The minimum absolute atomic E-state index is 0.0443. The zero-order valence-electron chi connectivity index (χ0n) is 11.3. The molecule has 3 N–H and O–H groups in total. The molecule has 1 heterocycles. The van der Waals surface area contributed by atoms with Crippen molar-refractivity contribution in [3.05, 3.63) is 30.1 Å². The van der Waals surface area contributed by atoms with Crippen molar-refractivity contribution in [1.82, 2.24) is 9.88 Å². The van der Waals surface area contributed by atoms with E-state index in [9.17, 15) is 4.79 Å². The third-order valence-corrected chi connectivity index (χ3v) is 2.98. The molecule has 19 heavy (non-hydrogen) atoms. The van der Waals surface area contributed by atoms with E-state index >= 15 is 0 Å². The lowest BCUT2D eigenvalue weighted by Gasteiger charge is -2.22. The van der Waals surface area contributed by atoms with E-state index < -0.39 is 5.92 Å². The summed E-state index contributed by atoms with van der Waals surface area (Å²) in [7, 11) is 1.71. The topological polar surface area (TPSA) is 91.8 Å². The number of aromatic nitrogens is 1. The molecule has 0 radical (unpaired) electrons. The first-order valence-electron chi connectivity index (χ1n) is 6.22. The Bertz CT molecular complexity index is 434. The molecule has 1 aromatic rings. The van der Waals surface area contributed by atoms with E-state index in [-0.39, 0.29) is 11.7 Å². The number of hydrogen-bond donors (Lipinski definition) is 2. The van der Waals surface area contributed by atoms with E-state index in [1.54, 1.807) is 18.1 Å². The van der Waals surface area contributed by atoms with Crippen molar-refractivity contribution in [2.45, 2.75) is 19.8 Å². The highest BCUT2D eigenvalue weighted by molar-refractivity contribution is 6.01. The Morgan fingerprint density at radius 2 is 2.32 bits per heavy atom. The molecule has 0 bridgehead atoms. The molecule has 0 aromatic carbocycles. The number of hydrogen-bond acceptors (Lipinski definition) is 4. The highest BCUT2D eigenvalue weighted by atomic mass is 16.4. The van der Waals surface area contributed by atoms with Gasteiger partial charge < -0.3 is 15.8 Å². The van der Waals surface area contributed by atoms with Crippen molar-refractivity contribution in [3.8, 4) is 0 Å².